The Labute approximate surface area is 112 Å². The van der Waals surface area contributed by atoms with E-state index in [2.05, 4.69) is 10.6 Å². The molecule has 0 aromatic heterocycles. The third kappa shape index (κ3) is 3.74. The molecule has 0 spiro atoms. The first-order valence-corrected chi connectivity index (χ1v) is 5.95. The number of anilines is 1. The van der Waals surface area contributed by atoms with Gasteiger partial charge in [-0.2, -0.15) is 0 Å². The molecule has 0 atom stereocenters. The van der Waals surface area contributed by atoms with Gasteiger partial charge in [-0.3, -0.25) is 0 Å². The lowest BCUT2D eigenvalue weighted by molar-refractivity contribution is 0.213. The van der Waals surface area contributed by atoms with Crippen molar-refractivity contribution in [2.75, 3.05) is 12.6 Å². The van der Waals surface area contributed by atoms with Gasteiger partial charge in [-0.05, 0) is 48.9 Å². The third-order valence-electron chi connectivity index (χ3n) is 2.56. The smallest absolute Gasteiger partial charge is 0.155 e. The fourth-order valence-electron chi connectivity index (χ4n) is 1.58. The lowest BCUT2D eigenvalue weighted by Crippen LogP contribution is -2.04. The number of hydrogen-bond donors (Lipinski definition) is 1. The van der Waals surface area contributed by atoms with E-state index in [1.165, 1.54) is 7.11 Å². The molecule has 2 aromatic rings. The van der Waals surface area contributed by atoms with Crippen molar-refractivity contribution in [1.29, 1.82) is 0 Å². The average Bonchev–Trinajstić information content (AvgIpc) is 2.47. The van der Waals surface area contributed by atoms with Crippen molar-refractivity contribution < 1.29 is 9.68 Å². The van der Waals surface area contributed by atoms with E-state index in [9.17, 15) is 0 Å². The highest BCUT2D eigenvalue weighted by Crippen LogP contribution is 2.14. The van der Waals surface area contributed by atoms with Crippen LogP contribution in [0.4, 0.5) is 5.69 Å². The zero-order valence-corrected chi connectivity index (χ0v) is 11.0. The molecule has 0 bridgehead atoms. The fraction of sp³-hybridized carbons (Fsp3) is 0.133. The SMILES string of the molecule is CON=C(C)c1ccc(ONc2ccccc2)cc1. The van der Waals surface area contributed by atoms with Crippen LogP contribution in [0.5, 0.6) is 5.75 Å². The molecular weight excluding hydrogens is 240 g/mol. The first kappa shape index (κ1) is 13.0. The summed E-state index contributed by atoms with van der Waals surface area (Å²) in [5, 5.41) is 3.88. The highest BCUT2D eigenvalue weighted by molar-refractivity contribution is 5.98. The second kappa shape index (κ2) is 6.44. The second-order valence-electron chi connectivity index (χ2n) is 3.95. The predicted octanol–water partition coefficient (Wildman–Crippen LogP) is 3.46. The summed E-state index contributed by atoms with van der Waals surface area (Å²) in [6.45, 7) is 1.89. The minimum Gasteiger partial charge on any atom is -0.399 e. The van der Waals surface area contributed by atoms with Crippen LogP contribution in [-0.4, -0.2) is 12.8 Å². The van der Waals surface area contributed by atoms with Crippen molar-refractivity contribution in [3.05, 3.63) is 60.2 Å². The largest absolute Gasteiger partial charge is 0.399 e. The number of para-hydroxylation sites is 1. The van der Waals surface area contributed by atoms with Crippen molar-refractivity contribution >= 4 is 11.4 Å². The van der Waals surface area contributed by atoms with Gasteiger partial charge in [0.05, 0.1) is 11.4 Å². The van der Waals surface area contributed by atoms with Crippen LogP contribution in [0, 0.1) is 0 Å². The van der Waals surface area contributed by atoms with Crippen molar-refractivity contribution in [3.8, 4) is 5.75 Å². The van der Waals surface area contributed by atoms with Gasteiger partial charge in [-0.1, -0.05) is 23.4 Å². The number of nitrogens with zero attached hydrogens (tertiary/aromatic N) is 1. The Kier molecular flexibility index (Phi) is 4.39. The van der Waals surface area contributed by atoms with Crippen LogP contribution in [0.15, 0.2) is 59.8 Å². The normalized spacial score (nSPS) is 10.9. The molecular formula is C15H16N2O2. The quantitative estimate of drug-likeness (QED) is 0.658. The van der Waals surface area contributed by atoms with Crippen LogP contribution < -0.4 is 10.3 Å². The molecule has 4 heteroatoms. The molecule has 0 aliphatic rings. The fourth-order valence-corrected chi connectivity index (χ4v) is 1.58. The number of rotatable bonds is 5. The van der Waals surface area contributed by atoms with E-state index in [4.69, 9.17) is 9.68 Å². The summed E-state index contributed by atoms with van der Waals surface area (Å²) in [5.41, 5.74) is 5.60. The Morgan fingerprint density at radius 1 is 1.00 bits per heavy atom. The van der Waals surface area contributed by atoms with Gasteiger partial charge in [0.1, 0.15) is 7.11 Å². The maximum atomic E-state index is 5.47. The van der Waals surface area contributed by atoms with Crippen molar-refractivity contribution in [2.24, 2.45) is 5.16 Å². The van der Waals surface area contributed by atoms with Gasteiger partial charge >= 0.3 is 0 Å². The van der Waals surface area contributed by atoms with E-state index < -0.39 is 0 Å². The maximum absolute atomic E-state index is 5.47. The number of hydrogen-bond acceptors (Lipinski definition) is 4. The number of nitrogens with one attached hydrogen (secondary N) is 1. The molecule has 0 fully saturated rings. The summed E-state index contributed by atoms with van der Waals surface area (Å²) < 4.78 is 0. The van der Waals surface area contributed by atoms with Crippen LogP contribution in [0.2, 0.25) is 0 Å². The molecule has 4 nitrogen and oxygen atoms in total. The van der Waals surface area contributed by atoms with Crippen LogP contribution in [0.25, 0.3) is 0 Å². The topological polar surface area (TPSA) is 42.9 Å². The molecule has 0 unspecified atom stereocenters. The lowest BCUT2D eigenvalue weighted by atomic mass is 10.1. The summed E-state index contributed by atoms with van der Waals surface area (Å²) in [5.74, 6) is 0.734. The Morgan fingerprint density at radius 3 is 2.32 bits per heavy atom. The molecule has 19 heavy (non-hydrogen) atoms. The summed E-state index contributed by atoms with van der Waals surface area (Å²) in [6, 6.07) is 17.3. The highest BCUT2D eigenvalue weighted by atomic mass is 16.6. The summed E-state index contributed by atoms with van der Waals surface area (Å²) >= 11 is 0. The highest BCUT2D eigenvalue weighted by Gasteiger charge is 1.99. The summed E-state index contributed by atoms with van der Waals surface area (Å²) in [4.78, 5) is 10.2. The van der Waals surface area contributed by atoms with Gasteiger partial charge < -0.3 is 9.68 Å². The molecule has 2 rings (SSSR count). The monoisotopic (exact) mass is 256 g/mol. The van der Waals surface area contributed by atoms with Gasteiger partial charge in [0.15, 0.2) is 5.75 Å². The van der Waals surface area contributed by atoms with Gasteiger partial charge in [-0.15, -0.1) is 0 Å². The van der Waals surface area contributed by atoms with Crippen LogP contribution >= 0.6 is 0 Å². The Bertz CT molecular complexity index is 536. The first-order chi connectivity index (χ1) is 9.29. The molecule has 2 aromatic carbocycles. The zero-order chi connectivity index (χ0) is 13.5. The van der Waals surface area contributed by atoms with Crippen LogP contribution in [0.1, 0.15) is 12.5 Å². The van der Waals surface area contributed by atoms with Gasteiger partial charge in [0.2, 0.25) is 0 Å². The predicted molar refractivity (Wildman–Crippen MR) is 76.4 cm³/mol. The minimum absolute atomic E-state index is 0.734. The van der Waals surface area contributed by atoms with Gasteiger partial charge in [-0.25, -0.2) is 5.48 Å². The van der Waals surface area contributed by atoms with Crippen molar-refractivity contribution in [3.63, 3.8) is 0 Å². The Balaban J connectivity index is 1.97. The zero-order valence-electron chi connectivity index (χ0n) is 11.0. The standard InChI is InChI=1S/C15H16N2O2/c1-12(16-18-2)13-8-10-15(11-9-13)19-17-14-6-4-3-5-7-14/h3-11,17H,1-2H3. The van der Waals surface area contributed by atoms with E-state index in [1.54, 1.807) is 0 Å². The summed E-state index contributed by atoms with van der Waals surface area (Å²) in [6.07, 6.45) is 0. The molecule has 0 heterocycles. The Morgan fingerprint density at radius 2 is 1.68 bits per heavy atom. The van der Waals surface area contributed by atoms with E-state index in [1.807, 2.05) is 61.5 Å². The van der Waals surface area contributed by atoms with Crippen LogP contribution in [-0.2, 0) is 4.84 Å². The molecule has 0 saturated carbocycles. The molecule has 1 N–H and O–H groups in total. The van der Waals surface area contributed by atoms with Crippen molar-refractivity contribution in [1.82, 2.24) is 0 Å². The molecule has 0 aliphatic heterocycles. The lowest BCUT2D eigenvalue weighted by Gasteiger charge is -2.08. The number of oxime groups is 1. The molecule has 0 amide bonds. The van der Waals surface area contributed by atoms with Crippen LogP contribution in [0.3, 0.4) is 0 Å². The third-order valence-corrected chi connectivity index (χ3v) is 2.56. The molecule has 0 saturated heterocycles. The Hall–Kier alpha value is -2.49. The second-order valence-corrected chi connectivity index (χ2v) is 3.95. The molecule has 0 aliphatic carbocycles. The average molecular weight is 256 g/mol. The minimum atomic E-state index is 0.734. The van der Waals surface area contributed by atoms with Gasteiger partial charge in [0.25, 0.3) is 0 Å². The van der Waals surface area contributed by atoms with E-state index >= 15 is 0 Å². The first-order valence-electron chi connectivity index (χ1n) is 5.95. The van der Waals surface area contributed by atoms with E-state index in [0.29, 0.717) is 0 Å². The summed E-state index contributed by atoms with van der Waals surface area (Å²) in [7, 11) is 1.53. The maximum Gasteiger partial charge on any atom is 0.155 e. The molecule has 0 radical (unpaired) electrons. The van der Waals surface area contributed by atoms with E-state index in [-0.39, 0.29) is 0 Å². The van der Waals surface area contributed by atoms with Crippen molar-refractivity contribution in [2.45, 2.75) is 6.92 Å². The molecule has 98 valence electrons. The van der Waals surface area contributed by atoms with E-state index in [0.717, 1.165) is 22.7 Å². The van der Waals surface area contributed by atoms with Gasteiger partial charge in [0, 0.05) is 0 Å². The number of benzene rings is 2.